The van der Waals surface area contributed by atoms with E-state index < -0.39 is 0 Å². The maximum atomic E-state index is 5.57. The van der Waals surface area contributed by atoms with Crippen LogP contribution in [0.4, 0.5) is 0 Å². The smallest absolute Gasteiger partial charge is 0.0950 e. The van der Waals surface area contributed by atoms with Crippen molar-refractivity contribution in [2.45, 2.75) is 59.7 Å². The molecule has 1 rings (SSSR count). The van der Waals surface area contributed by atoms with E-state index in [1.165, 1.54) is 12.8 Å². The summed E-state index contributed by atoms with van der Waals surface area (Å²) in [5, 5.41) is 0. The Morgan fingerprint density at radius 2 is 2.00 bits per heavy atom. The molecule has 1 aromatic rings. The van der Waals surface area contributed by atoms with Crippen molar-refractivity contribution in [3.63, 3.8) is 0 Å². The van der Waals surface area contributed by atoms with E-state index in [0.717, 1.165) is 25.3 Å². The van der Waals surface area contributed by atoms with Crippen molar-refractivity contribution in [1.29, 1.82) is 0 Å². The first kappa shape index (κ1) is 16.2. The summed E-state index contributed by atoms with van der Waals surface area (Å²) in [6.07, 6.45) is 6.42. The first-order valence-corrected chi connectivity index (χ1v) is 7.55. The minimum atomic E-state index is 0.655. The Labute approximate surface area is 118 Å². The second kappa shape index (κ2) is 8.33. The van der Waals surface area contributed by atoms with E-state index in [-0.39, 0.29) is 0 Å². The molecule has 0 aromatic carbocycles. The quantitative estimate of drug-likeness (QED) is 0.747. The summed E-state index contributed by atoms with van der Waals surface area (Å²) in [5.41, 5.74) is 6.72. The Hall–Kier alpha value is -0.870. The van der Waals surface area contributed by atoms with E-state index in [0.29, 0.717) is 18.5 Å². The molecule has 0 fully saturated rings. The summed E-state index contributed by atoms with van der Waals surface area (Å²) < 4.78 is 2.08. The number of hydrogen-bond acceptors (Lipinski definition) is 3. The highest BCUT2D eigenvalue weighted by Crippen LogP contribution is 2.14. The van der Waals surface area contributed by atoms with Gasteiger partial charge in [-0.15, -0.1) is 0 Å². The zero-order chi connectivity index (χ0) is 14.3. The van der Waals surface area contributed by atoms with Gasteiger partial charge in [0, 0.05) is 38.4 Å². The zero-order valence-electron chi connectivity index (χ0n) is 13.0. The highest BCUT2D eigenvalue weighted by atomic mass is 15.2. The molecule has 1 aromatic heterocycles. The van der Waals surface area contributed by atoms with E-state index in [4.69, 9.17) is 5.73 Å². The molecule has 4 heteroatoms. The van der Waals surface area contributed by atoms with Crippen LogP contribution in [-0.2, 0) is 13.1 Å². The minimum Gasteiger partial charge on any atom is -0.336 e. The molecule has 0 amide bonds. The lowest BCUT2D eigenvalue weighted by molar-refractivity contribution is 0.156. The predicted molar refractivity (Wildman–Crippen MR) is 80.9 cm³/mol. The summed E-state index contributed by atoms with van der Waals surface area (Å²) >= 11 is 0. The molecule has 2 N–H and O–H groups in total. The monoisotopic (exact) mass is 266 g/mol. The molecule has 4 nitrogen and oxygen atoms in total. The molecular formula is C15H30N4. The van der Waals surface area contributed by atoms with Crippen LogP contribution >= 0.6 is 0 Å². The van der Waals surface area contributed by atoms with Crippen molar-refractivity contribution in [2.75, 3.05) is 13.1 Å². The molecule has 0 atom stereocenters. The molecule has 0 aliphatic heterocycles. The Kier molecular flexibility index (Phi) is 7.10. The molecule has 0 spiro atoms. The van der Waals surface area contributed by atoms with Crippen LogP contribution in [0.25, 0.3) is 0 Å². The Bertz CT molecular complexity index is 342. The summed E-state index contributed by atoms with van der Waals surface area (Å²) in [4.78, 5) is 7.07. The number of rotatable bonds is 9. The standard InChI is InChI=1S/C15H30N4/c1-5-15(6-2)19(9-13(3)4)11-14-10-18(8-7-16)12-17-14/h10,12-13,15H,5-9,11,16H2,1-4H3. The van der Waals surface area contributed by atoms with Crippen molar-refractivity contribution in [3.05, 3.63) is 18.2 Å². The van der Waals surface area contributed by atoms with E-state index >= 15 is 0 Å². The zero-order valence-corrected chi connectivity index (χ0v) is 13.0. The van der Waals surface area contributed by atoms with Crippen molar-refractivity contribution in [2.24, 2.45) is 11.7 Å². The fourth-order valence-electron chi connectivity index (χ4n) is 2.58. The van der Waals surface area contributed by atoms with E-state index in [9.17, 15) is 0 Å². The van der Waals surface area contributed by atoms with Gasteiger partial charge in [-0.1, -0.05) is 27.7 Å². The third kappa shape index (κ3) is 5.33. The molecular weight excluding hydrogens is 236 g/mol. The van der Waals surface area contributed by atoms with E-state index in [1.54, 1.807) is 0 Å². The molecule has 0 unspecified atom stereocenters. The van der Waals surface area contributed by atoms with Gasteiger partial charge in [0.2, 0.25) is 0 Å². The fourth-order valence-corrected chi connectivity index (χ4v) is 2.58. The summed E-state index contributed by atoms with van der Waals surface area (Å²) in [6.45, 7) is 12.7. The van der Waals surface area contributed by atoms with Gasteiger partial charge in [-0.3, -0.25) is 4.90 Å². The van der Waals surface area contributed by atoms with Gasteiger partial charge in [0.1, 0.15) is 0 Å². The Morgan fingerprint density at radius 1 is 1.32 bits per heavy atom. The normalized spacial score (nSPS) is 12.0. The van der Waals surface area contributed by atoms with Crippen molar-refractivity contribution in [1.82, 2.24) is 14.5 Å². The predicted octanol–water partition coefficient (Wildman–Crippen LogP) is 2.49. The van der Waals surface area contributed by atoms with Crippen molar-refractivity contribution < 1.29 is 0 Å². The second-order valence-electron chi connectivity index (χ2n) is 5.69. The lowest BCUT2D eigenvalue weighted by atomic mass is 10.1. The molecule has 0 bridgehead atoms. The van der Waals surface area contributed by atoms with Crippen molar-refractivity contribution >= 4 is 0 Å². The lowest BCUT2D eigenvalue weighted by Gasteiger charge is -2.31. The maximum Gasteiger partial charge on any atom is 0.0950 e. The van der Waals surface area contributed by atoms with Gasteiger partial charge >= 0.3 is 0 Å². The number of nitrogens with zero attached hydrogens (tertiary/aromatic N) is 3. The van der Waals surface area contributed by atoms with Gasteiger partial charge in [0.05, 0.1) is 12.0 Å². The molecule has 110 valence electrons. The van der Waals surface area contributed by atoms with Gasteiger partial charge in [-0.25, -0.2) is 4.98 Å². The van der Waals surface area contributed by atoms with Gasteiger partial charge in [0.15, 0.2) is 0 Å². The minimum absolute atomic E-state index is 0.655. The third-order valence-electron chi connectivity index (χ3n) is 3.50. The molecule has 0 saturated carbocycles. The summed E-state index contributed by atoms with van der Waals surface area (Å²) in [7, 11) is 0. The van der Waals surface area contributed by atoms with Crippen LogP contribution < -0.4 is 5.73 Å². The number of imidazole rings is 1. The molecule has 0 aliphatic carbocycles. The first-order chi connectivity index (χ1) is 9.10. The van der Waals surface area contributed by atoms with Crippen LogP contribution in [0, 0.1) is 5.92 Å². The van der Waals surface area contributed by atoms with Crippen LogP contribution in [0.3, 0.4) is 0 Å². The molecule has 0 saturated heterocycles. The van der Waals surface area contributed by atoms with Crippen LogP contribution in [0.15, 0.2) is 12.5 Å². The van der Waals surface area contributed by atoms with Gasteiger partial charge < -0.3 is 10.3 Å². The molecule has 0 radical (unpaired) electrons. The molecule has 19 heavy (non-hydrogen) atoms. The summed E-state index contributed by atoms with van der Waals surface area (Å²) in [6, 6.07) is 0.655. The van der Waals surface area contributed by atoms with Gasteiger partial charge in [0.25, 0.3) is 0 Å². The maximum absolute atomic E-state index is 5.57. The van der Waals surface area contributed by atoms with Crippen LogP contribution in [-0.4, -0.2) is 33.6 Å². The number of nitrogens with two attached hydrogens (primary N) is 1. The van der Waals surface area contributed by atoms with Crippen LogP contribution in [0.1, 0.15) is 46.2 Å². The SMILES string of the molecule is CCC(CC)N(Cc1cn(CCN)cn1)CC(C)C. The Morgan fingerprint density at radius 3 is 2.53 bits per heavy atom. The van der Waals surface area contributed by atoms with E-state index in [2.05, 4.69) is 48.3 Å². The number of hydrogen-bond donors (Lipinski definition) is 1. The largest absolute Gasteiger partial charge is 0.336 e. The second-order valence-corrected chi connectivity index (χ2v) is 5.69. The molecule has 1 heterocycles. The topological polar surface area (TPSA) is 47.1 Å². The highest BCUT2D eigenvalue weighted by molar-refractivity contribution is 4.97. The fraction of sp³-hybridized carbons (Fsp3) is 0.800. The van der Waals surface area contributed by atoms with Crippen molar-refractivity contribution in [3.8, 4) is 0 Å². The van der Waals surface area contributed by atoms with Crippen LogP contribution in [0.2, 0.25) is 0 Å². The lowest BCUT2D eigenvalue weighted by Crippen LogP contribution is -2.36. The average Bonchev–Trinajstić information content (AvgIpc) is 2.78. The van der Waals surface area contributed by atoms with Gasteiger partial charge in [-0.2, -0.15) is 0 Å². The third-order valence-corrected chi connectivity index (χ3v) is 3.50. The summed E-state index contributed by atoms with van der Waals surface area (Å²) in [5.74, 6) is 0.687. The van der Waals surface area contributed by atoms with E-state index in [1.807, 2.05) is 6.33 Å². The molecule has 0 aliphatic rings. The average molecular weight is 266 g/mol. The van der Waals surface area contributed by atoms with Crippen LogP contribution in [0.5, 0.6) is 0 Å². The van der Waals surface area contributed by atoms with Gasteiger partial charge in [-0.05, 0) is 18.8 Å². The number of aromatic nitrogens is 2. The first-order valence-electron chi connectivity index (χ1n) is 7.55. The Balaban J connectivity index is 2.69. The highest BCUT2D eigenvalue weighted by Gasteiger charge is 2.17.